The summed E-state index contributed by atoms with van der Waals surface area (Å²) in [4.78, 5) is 0. The van der Waals surface area contributed by atoms with E-state index in [4.69, 9.17) is 16.0 Å². The third-order valence-corrected chi connectivity index (χ3v) is 1.76. The summed E-state index contributed by atoms with van der Waals surface area (Å²) >= 11 is 0. The second-order valence-electron chi connectivity index (χ2n) is 2.32. The average molecular weight is 225 g/mol. The summed E-state index contributed by atoms with van der Waals surface area (Å²) in [5, 5.41) is 0. The quantitative estimate of drug-likeness (QED) is 0.296. The van der Waals surface area contributed by atoms with Crippen molar-refractivity contribution in [1.82, 2.24) is 0 Å². The molecular formula is C6H8N3NaO3S. The number of nitrogens with zero attached hydrogens (tertiary/aromatic N) is 1. The van der Waals surface area contributed by atoms with Gasteiger partial charge in [0, 0.05) is 5.69 Å². The van der Waals surface area contributed by atoms with Gasteiger partial charge in [-0.1, -0.05) is 12.1 Å². The third kappa shape index (κ3) is 3.72. The van der Waals surface area contributed by atoms with Gasteiger partial charge in [0.25, 0.3) is 0 Å². The van der Waals surface area contributed by atoms with Crippen LogP contribution in [0, 0.1) is 0 Å². The van der Waals surface area contributed by atoms with Crippen LogP contribution in [0.2, 0.25) is 0 Å². The Balaban J connectivity index is 0.00000169. The van der Waals surface area contributed by atoms with Crippen LogP contribution in [0.5, 0.6) is 0 Å². The molecule has 0 saturated carbocycles. The predicted molar refractivity (Wildman–Crippen MR) is 49.8 cm³/mol. The molecule has 0 aliphatic rings. The van der Waals surface area contributed by atoms with E-state index < -0.39 is 10.3 Å². The van der Waals surface area contributed by atoms with Crippen molar-refractivity contribution in [3.05, 3.63) is 22.9 Å². The maximum Gasteiger partial charge on any atom is 1.00 e. The maximum absolute atomic E-state index is 10.4. The molecule has 0 bridgehead atoms. The second-order valence-corrected chi connectivity index (χ2v) is 3.40. The SMILES string of the molecule is Nc1cccc([N-]S(=O)(=O)O)c1N.[Na+]. The van der Waals surface area contributed by atoms with Crippen LogP contribution < -0.4 is 41.0 Å². The monoisotopic (exact) mass is 225 g/mol. The molecule has 0 unspecified atom stereocenters. The van der Waals surface area contributed by atoms with Gasteiger partial charge in [-0.3, -0.25) is 4.55 Å². The number of nitrogen functional groups attached to an aromatic ring is 2. The van der Waals surface area contributed by atoms with Crippen LogP contribution in [0.25, 0.3) is 4.72 Å². The van der Waals surface area contributed by atoms with Crippen molar-refractivity contribution >= 4 is 27.4 Å². The van der Waals surface area contributed by atoms with Crippen molar-refractivity contribution in [2.75, 3.05) is 11.5 Å². The first-order chi connectivity index (χ1) is 5.90. The molecule has 0 saturated heterocycles. The molecule has 0 spiro atoms. The van der Waals surface area contributed by atoms with E-state index in [-0.39, 0.29) is 46.6 Å². The molecule has 14 heavy (non-hydrogen) atoms. The van der Waals surface area contributed by atoms with Crippen LogP contribution >= 0.6 is 0 Å². The largest absolute Gasteiger partial charge is 1.00 e. The fourth-order valence-corrected chi connectivity index (χ4v) is 1.18. The molecule has 0 radical (unpaired) electrons. The Bertz CT molecular complexity index is 420. The summed E-state index contributed by atoms with van der Waals surface area (Å²) in [7, 11) is -4.43. The summed E-state index contributed by atoms with van der Waals surface area (Å²) in [5.41, 5.74) is 10.9. The van der Waals surface area contributed by atoms with Crippen LogP contribution in [0.3, 0.4) is 0 Å². The van der Waals surface area contributed by atoms with E-state index in [0.717, 1.165) is 0 Å². The molecule has 5 N–H and O–H groups in total. The molecule has 0 aromatic heterocycles. The van der Waals surface area contributed by atoms with E-state index >= 15 is 0 Å². The molecule has 0 aliphatic carbocycles. The van der Waals surface area contributed by atoms with Gasteiger partial charge in [0.1, 0.15) is 0 Å². The van der Waals surface area contributed by atoms with Gasteiger partial charge >= 0.3 is 29.6 Å². The number of rotatable bonds is 2. The Kier molecular flexibility index (Phi) is 4.69. The number of anilines is 2. The van der Waals surface area contributed by atoms with Crippen LogP contribution in [-0.4, -0.2) is 13.0 Å². The molecule has 72 valence electrons. The zero-order chi connectivity index (χ0) is 10.1. The zero-order valence-electron chi connectivity index (χ0n) is 7.51. The molecule has 0 fully saturated rings. The fourth-order valence-electron chi connectivity index (χ4n) is 0.774. The molecule has 1 aromatic carbocycles. The summed E-state index contributed by atoms with van der Waals surface area (Å²) in [6.07, 6.45) is 0. The Morgan fingerprint density at radius 3 is 2.36 bits per heavy atom. The van der Waals surface area contributed by atoms with Gasteiger partial charge in [0.2, 0.25) is 10.3 Å². The molecule has 0 amide bonds. The first kappa shape index (κ1) is 13.5. The van der Waals surface area contributed by atoms with Crippen LogP contribution in [0.4, 0.5) is 17.1 Å². The van der Waals surface area contributed by atoms with E-state index in [9.17, 15) is 8.42 Å². The standard InChI is InChI=1S/C6H8N3O3S.Na/c7-4-2-1-3-5(6(4)8)9-13(10,11)12;/h1-3H,7-8H2,(H,10,11,12);/q-1;+1. The van der Waals surface area contributed by atoms with Crippen LogP contribution in [0.15, 0.2) is 18.2 Å². The molecular weight excluding hydrogens is 217 g/mol. The number of hydrogen-bond donors (Lipinski definition) is 3. The number of hydrogen-bond acceptors (Lipinski definition) is 4. The number of para-hydroxylation sites is 1. The Morgan fingerprint density at radius 1 is 1.29 bits per heavy atom. The minimum atomic E-state index is -4.43. The van der Waals surface area contributed by atoms with Gasteiger partial charge < -0.3 is 16.2 Å². The summed E-state index contributed by atoms with van der Waals surface area (Å²) < 4.78 is 32.1. The normalized spacial score (nSPS) is 10.4. The van der Waals surface area contributed by atoms with Gasteiger partial charge in [-0.25, -0.2) is 8.42 Å². The van der Waals surface area contributed by atoms with E-state index in [0.29, 0.717) is 0 Å². The molecule has 6 nitrogen and oxygen atoms in total. The van der Waals surface area contributed by atoms with Gasteiger partial charge in [-0.2, -0.15) is 0 Å². The Labute approximate surface area is 104 Å². The van der Waals surface area contributed by atoms with E-state index in [2.05, 4.69) is 4.72 Å². The minimum absolute atomic E-state index is 0. The zero-order valence-corrected chi connectivity index (χ0v) is 10.3. The average Bonchev–Trinajstić information content (AvgIpc) is 1.96. The van der Waals surface area contributed by atoms with Crippen LogP contribution in [0.1, 0.15) is 0 Å². The summed E-state index contributed by atoms with van der Waals surface area (Å²) in [6, 6.07) is 4.31. The van der Waals surface area contributed by atoms with Crippen molar-refractivity contribution in [1.29, 1.82) is 0 Å². The van der Waals surface area contributed by atoms with E-state index in [1.807, 2.05) is 0 Å². The van der Waals surface area contributed by atoms with Gasteiger partial charge in [0.05, 0.1) is 5.69 Å². The Morgan fingerprint density at radius 2 is 1.86 bits per heavy atom. The van der Waals surface area contributed by atoms with E-state index in [1.165, 1.54) is 18.2 Å². The molecule has 1 rings (SSSR count). The molecule has 0 heterocycles. The molecule has 0 atom stereocenters. The molecule has 1 aromatic rings. The number of nitrogens with two attached hydrogens (primary N) is 2. The van der Waals surface area contributed by atoms with Crippen molar-refractivity contribution in [2.45, 2.75) is 0 Å². The molecule has 8 heteroatoms. The predicted octanol–water partition coefficient (Wildman–Crippen LogP) is -2.34. The van der Waals surface area contributed by atoms with Crippen molar-refractivity contribution < 1.29 is 42.5 Å². The molecule has 0 aliphatic heterocycles. The minimum Gasteiger partial charge on any atom is -0.552 e. The second kappa shape index (κ2) is 4.85. The Hall–Kier alpha value is -0.470. The first-order valence-electron chi connectivity index (χ1n) is 3.24. The third-order valence-electron chi connectivity index (χ3n) is 1.33. The van der Waals surface area contributed by atoms with Crippen molar-refractivity contribution in [3.8, 4) is 0 Å². The van der Waals surface area contributed by atoms with Crippen molar-refractivity contribution in [2.24, 2.45) is 0 Å². The topological polar surface area (TPSA) is 121 Å². The number of benzene rings is 1. The first-order valence-corrected chi connectivity index (χ1v) is 4.64. The smallest absolute Gasteiger partial charge is 0.552 e. The van der Waals surface area contributed by atoms with Crippen LogP contribution in [-0.2, 0) is 10.3 Å². The van der Waals surface area contributed by atoms with Gasteiger partial charge in [-0.05, 0) is 6.07 Å². The van der Waals surface area contributed by atoms with Crippen molar-refractivity contribution in [3.63, 3.8) is 0 Å². The summed E-state index contributed by atoms with van der Waals surface area (Å²) in [5.74, 6) is 0. The van der Waals surface area contributed by atoms with Gasteiger partial charge in [0.15, 0.2) is 0 Å². The van der Waals surface area contributed by atoms with Gasteiger partial charge in [-0.15, -0.1) is 5.69 Å². The maximum atomic E-state index is 10.4. The summed E-state index contributed by atoms with van der Waals surface area (Å²) in [6.45, 7) is 0. The van der Waals surface area contributed by atoms with E-state index in [1.54, 1.807) is 0 Å². The fraction of sp³-hybridized carbons (Fsp3) is 0.